The highest BCUT2D eigenvalue weighted by Crippen LogP contribution is 2.33. The zero-order valence-electron chi connectivity index (χ0n) is 13.9. The number of carbonyl (C=O) groups is 2. The van der Waals surface area contributed by atoms with Gasteiger partial charge in [0.2, 0.25) is 0 Å². The van der Waals surface area contributed by atoms with Crippen LogP contribution in [0.3, 0.4) is 0 Å². The number of furan rings is 1. The van der Waals surface area contributed by atoms with Crippen molar-refractivity contribution in [3.63, 3.8) is 0 Å². The summed E-state index contributed by atoms with van der Waals surface area (Å²) < 4.78 is 10.6. The molecular formula is C19H19NO4. The van der Waals surface area contributed by atoms with Crippen LogP contribution >= 0.6 is 0 Å². The Bertz CT molecular complexity index is 903. The van der Waals surface area contributed by atoms with Crippen LogP contribution in [0.15, 0.2) is 41.0 Å². The summed E-state index contributed by atoms with van der Waals surface area (Å²) >= 11 is 0. The summed E-state index contributed by atoms with van der Waals surface area (Å²) in [5, 5.41) is 0.891. The van der Waals surface area contributed by atoms with Gasteiger partial charge in [0.15, 0.2) is 0 Å². The number of hydrogen-bond acceptors (Lipinski definition) is 4. The Labute approximate surface area is 139 Å². The predicted molar refractivity (Wildman–Crippen MR) is 90.2 cm³/mol. The SMILES string of the molecule is CCOC(=O)c1[nH]c(C(C(C)=O)c2coc3ccccc23)cc1C. The van der Waals surface area contributed by atoms with E-state index in [1.807, 2.05) is 37.3 Å². The summed E-state index contributed by atoms with van der Waals surface area (Å²) in [5.74, 6) is -0.964. The molecule has 1 unspecified atom stereocenters. The van der Waals surface area contributed by atoms with Gasteiger partial charge < -0.3 is 14.1 Å². The fourth-order valence-corrected chi connectivity index (χ4v) is 2.98. The van der Waals surface area contributed by atoms with Crippen molar-refractivity contribution >= 4 is 22.7 Å². The molecule has 1 aromatic carbocycles. The Kier molecular flexibility index (Phi) is 4.25. The van der Waals surface area contributed by atoms with Gasteiger partial charge in [-0.3, -0.25) is 4.79 Å². The van der Waals surface area contributed by atoms with Crippen molar-refractivity contribution in [2.24, 2.45) is 0 Å². The molecule has 0 spiro atoms. The second-order valence-corrected chi connectivity index (χ2v) is 5.73. The minimum Gasteiger partial charge on any atom is -0.464 e. The highest BCUT2D eigenvalue weighted by Gasteiger charge is 2.27. The van der Waals surface area contributed by atoms with Crippen LogP contribution in [-0.4, -0.2) is 23.3 Å². The third kappa shape index (κ3) is 2.73. The van der Waals surface area contributed by atoms with Gasteiger partial charge in [0.1, 0.15) is 17.1 Å². The van der Waals surface area contributed by atoms with Gasteiger partial charge in [-0.15, -0.1) is 0 Å². The van der Waals surface area contributed by atoms with E-state index < -0.39 is 11.9 Å². The van der Waals surface area contributed by atoms with Gasteiger partial charge in [0.05, 0.1) is 18.8 Å². The van der Waals surface area contributed by atoms with Gasteiger partial charge >= 0.3 is 5.97 Å². The lowest BCUT2D eigenvalue weighted by Crippen LogP contribution is -2.12. The second-order valence-electron chi connectivity index (χ2n) is 5.73. The van der Waals surface area contributed by atoms with E-state index in [0.29, 0.717) is 18.0 Å². The molecule has 124 valence electrons. The maximum atomic E-state index is 12.3. The van der Waals surface area contributed by atoms with Crippen molar-refractivity contribution in [1.82, 2.24) is 4.98 Å². The zero-order valence-corrected chi connectivity index (χ0v) is 13.9. The molecule has 24 heavy (non-hydrogen) atoms. The first-order valence-electron chi connectivity index (χ1n) is 7.86. The van der Waals surface area contributed by atoms with E-state index in [-0.39, 0.29) is 5.78 Å². The molecule has 2 aromatic heterocycles. The number of nitrogens with one attached hydrogen (secondary N) is 1. The topological polar surface area (TPSA) is 72.3 Å². The van der Waals surface area contributed by atoms with Crippen molar-refractivity contribution in [3.05, 3.63) is 59.1 Å². The largest absolute Gasteiger partial charge is 0.464 e. The lowest BCUT2D eigenvalue weighted by molar-refractivity contribution is -0.117. The van der Waals surface area contributed by atoms with Crippen molar-refractivity contribution in [2.45, 2.75) is 26.7 Å². The second kappa shape index (κ2) is 6.35. The molecule has 5 heteroatoms. The van der Waals surface area contributed by atoms with Crippen LogP contribution in [0, 0.1) is 6.92 Å². The first-order chi connectivity index (χ1) is 11.5. The molecule has 1 N–H and O–H groups in total. The number of benzene rings is 1. The quantitative estimate of drug-likeness (QED) is 0.721. The van der Waals surface area contributed by atoms with Crippen LogP contribution in [-0.2, 0) is 9.53 Å². The van der Waals surface area contributed by atoms with Crippen molar-refractivity contribution in [1.29, 1.82) is 0 Å². The van der Waals surface area contributed by atoms with Crippen LogP contribution in [0.5, 0.6) is 0 Å². The molecule has 0 bridgehead atoms. The molecule has 1 atom stereocenters. The fraction of sp³-hybridized carbons (Fsp3) is 0.263. The minimum absolute atomic E-state index is 0.0294. The summed E-state index contributed by atoms with van der Waals surface area (Å²) in [7, 11) is 0. The van der Waals surface area contributed by atoms with Crippen LogP contribution < -0.4 is 0 Å². The number of fused-ring (bicyclic) bond motifs is 1. The smallest absolute Gasteiger partial charge is 0.355 e. The monoisotopic (exact) mass is 325 g/mol. The Hall–Kier alpha value is -2.82. The molecule has 0 amide bonds. The van der Waals surface area contributed by atoms with E-state index in [4.69, 9.17) is 9.15 Å². The summed E-state index contributed by atoms with van der Waals surface area (Å²) in [6.45, 7) is 5.41. The summed E-state index contributed by atoms with van der Waals surface area (Å²) in [6, 6.07) is 9.39. The number of aromatic amines is 1. The number of Topliss-reactive ketones (excluding diaryl/α,β-unsaturated/α-hetero) is 1. The van der Waals surface area contributed by atoms with Crippen LogP contribution in [0.4, 0.5) is 0 Å². The number of esters is 1. The number of ketones is 1. The molecule has 0 radical (unpaired) electrons. The van der Waals surface area contributed by atoms with E-state index >= 15 is 0 Å². The molecule has 5 nitrogen and oxygen atoms in total. The Morgan fingerprint density at radius 3 is 2.75 bits per heavy atom. The maximum absolute atomic E-state index is 12.3. The number of ether oxygens (including phenoxy) is 1. The molecule has 3 aromatic rings. The van der Waals surface area contributed by atoms with Gasteiger partial charge in [-0.1, -0.05) is 18.2 Å². The highest BCUT2D eigenvalue weighted by atomic mass is 16.5. The summed E-state index contributed by atoms with van der Waals surface area (Å²) in [4.78, 5) is 27.4. The molecular weight excluding hydrogens is 306 g/mol. The van der Waals surface area contributed by atoms with E-state index in [9.17, 15) is 9.59 Å². The van der Waals surface area contributed by atoms with Crippen LogP contribution in [0.2, 0.25) is 0 Å². The van der Waals surface area contributed by atoms with Gasteiger partial charge in [0.25, 0.3) is 0 Å². The number of rotatable bonds is 5. The zero-order chi connectivity index (χ0) is 17.3. The number of hydrogen-bond donors (Lipinski definition) is 1. The standard InChI is InChI=1S/C19H19NO4/c1-4-23-19(22)18-11(2)9-15(20-18)17(12(3)21)14-10-24-16-8-6-5-7-13(14)16/h5-10,17,20H,4H2,1-3H3. The number of aryl methyl sites for hydroxylation is 1. The van der Waals surface area contributed by atoms with Crippen LogP contribution in [0.25, 0.3) is 11.0 Å². The lowest BCUT2D eigenvalue weighted by Gasteiger charge is -2.11. The first-order valence-corrected chi connectivity index (χ1v) is 7.86. The third-order valence-corrected chi connectivity index (χ3v) is 4.05. The number of carbonyl (C=O) groups excluding carboxylic acids is 2. The highest BCUT2D eigenvalue weighted by molar-refractivity contribution is 5.94. The molecule has 0 aliphatic heterocycles. The molecule has 3 rings (SSSR count). The maximum Gasteiger partial charge on any atom is 0.355 e. The number of H-pyrrole nitrogens is 1. The molecule has 2 heterocycles. The predicted octanol–water partition coefficient (Wildman–Crippen LogP) is 3.97. The first kappa shape index (κ1) is 16.1. The van der Waals surface area contributed by atoms with Gasteiger partial charge in [0, 0.05) is 16.6 Å². The average molecular weight is 325 g/mol. The van der Waals surface area contributed by atoms with E-state index in [1.165, 1.54) is 6.92 Å². The lowest BCUT2D eigenvalue weighted by atomic mass is 9.92. The number of para-hydroxylation sites is 1. The number of aromatic nitrogens is 1. The Balaban J connectivity index is 2.08. The van der Waals surface area contributed by atoms with E-state index in [0.717, 1.165) is 22.1 Å². The Morgan fingerprint density at radius 1 is 1.29 bits per heavy atom. The van der Waals surface area contributed by atoms with E-state index in [2.05, 4.69) is 4.98 Å². The van der Waals surface area contributed by atoms with Crippen molar-refractivity contribution in [2.75, 3.05) is 6.61 Å². The minimum atomic E-state index is -0.518. The normalized spacial score (nSPS) is 12.3. The van der Waals surface area contributed by atoms with E-state index in [1.54, 1.807) is 13.2 Å². The molecule has 0 saturated heterocycles. The van der Waals surface area contributed by atoms with Crippen LogP contribution in [0.1, 0.15) is 47.1 Å². The van der Waals surface area contributed by atoms with Gasteiger partial charge in [-0.25, -0.2) is 4.79 Å². The Morgan fingerprint density at radius 2 is 2.04 bits per heavy atom. The molecule has 0 aliphatic rings. The average Bonchev–Trinajstić information content (AvgIpc) is 3.12. The molecule has 0 aliphatic carbocycles. The molecule has 0 saturated carbocycles. The van der Waals surface area contributed by atoms with Crippen molar-refractivity contribution < 1.29 is 18.7 Å². The van der Waals surface area contributed by atoms with Crippen molar-refractivity contribution in [3.8, 4) is 0 Å². The summed E-state index contributed by atoms with van der Waals surface area (Å²) in [5.41, 5.74) is 3.31. The van der Waals surface area contributed by atoms with Gasteiger partial charge in [-0.05, 0) is 38.5 Å². The third-order valence-electron chi connectivity index (χ3n) is 4.05. The fourth-order valence-electron chi connectivity index (χ4n) is 2.98. The van der Waals surface area contributed by atoms with Gasteiger partial charge in [-0.2, -0.15) is 0 Å². The summed E-state index contributed by atoms with van der Waals surface area (Å²) in [6.07, 6.45) is 1.61. The molecule has 0 fully saturated rings.